The summed E-state index contributed by atoms with van der Waals surface area (Å²) >= 11 is 0. The first kappa shape index (κ1) is 7.53. The van der Waals surface area contributed by atoms with Crippen molar-refractivity contribution in [2.24, 2.45) is 0 Å². The Labute approximate surface area is 72.9 Å². The van der Waals surface area contributed by atoms with Crippen molar-refractivity contribution in [3.05, 3.63) is 18.1 Å². The molecule has 13 heavy (non-hydrogen) atoms. The van der Waals surface area contributed by atoms with Crippen molar-refractivity contribution in [1.82, 2.24) is 19.9 Å². The minimum atomic E-state index is 0.139. The molecule has 6 heteroatoms. The number of nitrogens with two attached hydrogens (primary N) is 1. The standard InChI is InChI=1S/C7H5N5O/c8-7-10-2-5-6(12-7)9-1-4(3-13)11-5/h1-3H,(H2,8,9,10,12). The number of nitrogen functional groups attached to an aromatic ring is 1. The Morgan fingerprint density at radius 2 is 2.08 bits per heavy atom. The molecule has 2 aromatic rings. The molecule has 0 saturated carbocycles. The minimum Gasteiger partial charge on any atom is -0.368 e. The maximum Gasteiger partial charge on any atom is 0.222 e. The topological polar surface area (TPSA) is 94.7 Å². The fraction of sp³-hybridized carbons (Fsp3) is 0. The molecule has 0 fully saturated rings. The first-order chi connectivity index (χ1) is 6.29. The first-order valence-corrected chi connectivity index (χ1v) is 3.50. The van der Waals surface area contributed by atoms with Crippen LogP contribution in [0.15, 0.2) is 12.4 Å². The lowest BCUT2D eigenvalue weighted by Gasteiger charge is -1.95. The van der Waals surface area contributed by atoms with Gasteiger partial charge in [-0.3, -0.25) is 4.79 Å². The van der Waals surface area contributed by atoms with Crippen molar-refractivity contribution in [2.45, 2.75) is 0 Å². The van der Waals surface area contributed by atoms with E-state index in [9.17, 15) is 4.79 Å². The smallest absolute Gasteiger partial charge is 0.222 e. The lowest BCUT2D eigenvalue weighted by molar-refractivity contribution is 0.111. The predicted octanol–water partition coefficient (Wildman–Crippen LogP) is -0.186. The van der Waals surface area contributed by atoms with Gasteiger partial charge in [0.1, 0.15) is 11.2 Å². The van der Waals surface area contributed by atoms with Gasteiger partial charge in [0, 0.05) is 0 Å². The molecule has 0 aliphatic rings. The van der Waals surface area contributed by atoms with E-state index in [0.29, 0.717) is 17.5 Å². The molecule has 0 bridgehead atoms. The van der Waals surface area contributed by atoms with E-state index in [2.05, 4.69) is 19.9 Å². The van der Waals surface area contributed by atoms with Crippen LogP contribution < -0.4 is 5.73 Å². The van der Waals surface area contributed by atoms with Crippen LogP contribution in [-0.4, -0.2) is 26.2 Å². The van der Waals surface area contributed by atoms with E-state index in [1.165, 1.54) is 12.4 Å². The maximum atomic E-state index is 10.3. The van der Waals surface area contributed by atoms with Gasteiger partial charge in [-0.15, -0.1) is 0 Å². The van der Waals surface area contributed by atoms with Gasteiger partial charge in [0.15, 0.2) is 11.9 Å². The molecule has 64 valence electrons. The fourth-order valence-corrected chi connectivity index (χ4v) is 0.906. The second-order valence-corrected chi connectivity index (χ2v) is 2.35. The number of hydrogen-bond acceptors (Lipinski definition) is 6. The number of aromatic nitrogens is 4. The third kappa shape index (κ3) is 1.28. The summed E-state index contributed by atoms with van der Waals surface area (Å²) in [6, 6.07) is 0. The van der Waals surface area contributed by atoms with Crippen molar-refractivity contribution < 1.29 is 4.79 Å². The van der Waals surface area contributed by atoms with Crippen molar-refractivity contribution >= 4 is 23.4 Å². The molecule has 0 saturated heterocycles. The normalized spacial score (nSPS) is 10.2. The fourth-order valence-electron chi connectivity index (χ4n) is 0.906. The molecule has 2 heterocycles. The van der Waals surface area contributed by atoms with Crippen LogP contribution in [0.1, 0.15) is 10.5 Å². The molecule has 2 N–H and O–H groups in total. The van der Waals surface area contributed by atoms with E-state index in [-0.39, 0.29) is 11.6 Å². The summed E-state index contributed by atoms with van der Waals surface area (Å²) < 4.78 is 0. The quantitative estimate of drug-likeness (QED) is 0.604. The second-order valence-electron chi connectivity index (χ2n) is 2.35. The number of nitrogens with zero attached hydrogens (tertiary/aromatic N) is 4. The minimum absolute atomic E-state index is 0.139. The molecule has 0 unspecified atom stereocenters. The van der Waals surface area contributed by atoms with Crippen LogP contribution in [-0.2, 0) is 0 Å². The Morgan fingerprint density at radius 1 is 1.23 bits per heavy atom. The van der Waals surface area contributed by atoms with E-state index in [1.54, 1.807) is 0 Å². The summed E-state index contributed by atoms with van der Waals surface area (Å²) in [4.78, 5) is 25.7. The van der Waals surface area contributed by atoms with Gasteiger partial charge >= 0.3 is 0 Å². The molecular formula is C7H5N5O. The van der Waals surface area contributed by atoms with Crippen LogP contribution in [0.3, 0.4) is 0 Å². The molecule has 0 spiro atoms. The Kier molecular flexibility index (Phi) is 1.59. The molecule has 2 aromatic heterocycles. The molecule has 0 aliphatic carbocycles. The molecule has 2 rings (SSSR count). The van der Waals surface area contributed by atoms with Crippen LogP contribution in [0, 0.1) is 0 Å². The number of anilines is 1. The van der Waals surface area contributed by atoms with E-state index in [1.807, 2.05) is 0 Å². The summed E-state index contributed by atoms with van der Waals surface area (Å²) in [6.07, 6.45) is 3.38. The van der Waals surface area contributed by atoms with Crippen molar-refractivity contribution in [3.63, 3.8) is 0 Å². The highest BCUT2D eigenvalue weighted by Crippen LogP contribution is 2.05. The average molecular weight is 175 g/mol. The number of carbonyl (C=O) groups excluding carboxylic acids is 1. The van der Waals surface area contributed by atoms with Gasteiger partial charge < -0.3 is 5.73 Å². The van der Waals surface area contributed by atoms with Gasteiger partial charge in [-0.25, -0.2) is 15.0 Å². The second kappa shape index (κ2) is 2.74. The van der Waals surface area contributed by atoms with Gasteiger partial charge in [-0.1, -0.05) is 0 Å². The van der Waals surface area contributed by atoms with E-state index in [0.717, 1.165) is 0 Å². The first-order valence-electron chi connectivity index (χ1n) is 3.50. The summed E-state index contributed by atoms with van der Waals surface area (Å²) in [7, 11) is 0. The number of rotatable bonds is 1. The van der Waals surface area contributed by atoms with Crippen LogP contribution in [0.2, 0.25) is 0 Å². The number of fused-ring (bicyclic) bond motifs is 1. The summed E-state index contributed by atoms with van der Waals surface area (Å²) in [5.74, 6) is 0.139. The molecule has 0 radical (unpaired) electrons. The van der Waals surface area contributed by atoms with Crippen LogP contribution in [0.4, 0.5) is 5.95 Å². The molecule has 0 aliphatic heterocycles. The third-order valence-electron chi connectivity index (χ3n) is 1.46. The van der Waals surface area contributed by atoms with Gasteiger partial charge in [0.25, 0.3) is 0 Å². The number of carbonyl (C=O) groups is 1. The lowest BCUT2D eigenvalue weighted by Crippen LogP contribution is -1.98. The highest BCUT2D eigenvalue weighted by Gasteiger charge is 2.00. The maximum absolute atomic E-state index is 10.3. The van der Waals surface area contributed by atoms with Crippen molar-refractivity contribution in [2.75, 3.05) is 5.73 Å². The third-order valence-corrected chi connectivity index (χ3v) is 1.46. The molecule has 0 amide bonds. The zero-order valence-electron chi connectivity index (χ0n) is 6.51. The summed E-state index contributed by atoms with van der Waals surface area (Å²) in [5, 5.41) is 0. The van der Waals surface area contributed by atoms with E-state index >= 15 is 0 Å². The summed E-state index contributed by atoms with van der Waals surface area (Å²) in [6.45, 7) is 0. The molecular weight excluding hydrogens is 170 g/mol. The predicted molar refractivity (Wildman–Crippen MR) is 44.9 cm³/mol. The van der Waals surface area contributed by atoms with Crippen molar-refractivity contribution in [3.8, 4) is 0 Å². The van der Waals surface area contributed by atoms with Gasteiger partial charge in [-0.05, 0) is 0 Å². The highest BCUT2D eigenvalue weighted by molar-refractivity contribution is 5.77. The summed E-state index contributed by atoms with van der Waals surface area (Å²) in [5.41, 5.74) is 6.43. The van der Waals surface area contributed by atoms with Crippen LogP contribution in [0.5, 0.6) is 0 Å². The Hall–Kier alpha value is -2.11. The Balaban J connectivity index is 2.73. The zero-order valence-corrected chi connectivity index (χ0v) is 6.51. The van der Waals surface area contributed by atoms with Crippen LogP contribution in [0.25, 0.3) is 11.2 Å². The SMILES string of the molecule is Nc1ncc2nc(C=O)cnc2n1. The number of aldehydes is 1. The van der Waals surface area contributed by atoms with E-state index < -0.39 is 0 Å². The Bertz CT molecular complexity index is 469. The molecule has 0 atom stereocenters. The van der Waals surface area contributed by atoms with E-state index in [4.69, 9.17) is 5.73 Å². The van der Waals surface area contributed by atoms with Gasteiger partial charge in [0.2, 0.25) is 5.95 Å². The Morgan fingerprint density at radius 3 is 2.85 bits per heavy atom. The zero-order chi connectivity index (χ0) is 9.26. The van der Waals surface area contributed by atoms with Crippen LogP contribution >= 0.6 is 0 Å². The number of hydrogen-bond donors (Lipinski definition) is 1. The molecule has 0 aromatic carbocycles. The van der Waals surface area contributed by atoms with Gasteiger partial charge in [-0.2, -0.15) is 4.98 Å². The lowest BCUT2D eigenvalue weighted by atomic mass is 10.4. The monoisotopic (exact) mass is 175 g/mol. The largest absolute Gasteiger partial charge is 0.368 e. The molecule has 6 nitrogen and oxygen atoms in total. The highest BCUT2D eigenvalue weighted by atomic mass is 16.1. The van der Waals surface area contributed by atoms with Crippen molar-refractivity contribution in [1.29, 1.82) is 0 Å². The van der Waals surface area contributed by atoms with Gasteiger partial charge in [0.05, 0.1) is 12.4 Å². The average Bonchev–Trinajstić information content (AvgIpc) is 2.17.